The van der Waals surface area contributed by atoms with Crippen LogP contribution in [0, 0.1) is 10.1 Å². The first-order valence-corrected chi connectivity index (χ1v) is 11.1. The molecule has 0 spiro atoms. The smallest absolute Gasteiger partial charge is 0.311 e. The number of nitro benzene ring substituents is 1. The minimum absolute atomic E-state index is 0.0155. The molecule has 32 heavy (non-hydrogen) atoms. The Hall–Kier alpha value is -3.35. The normalized spacial score (nSPS) is 14.1. The first-order chi connectivity index (χ1) is 15.5. The molecule has 1 aromatic heterocycles. The molecule has 0 saturated heterocycles. The van der Waals surface area contributed by atoms with E-state index in [-0.39, 0.29) is 29.1 Å². The van der Waals surface area contributed by atoms with Gasteiger partial charge in [-0.1, -0.05) is 6.07 Å². The Morgan fingerprint density at radius 1 is 1.19 bits per heavy atom. The zero-order valence-electron chi connectivity index (χ0n) is 18.5. The Bertz CT molecular complexity index is 1140. The van der Waals surface area contributed by atoms with Crippen molar-refractivity contribution in [2.24, 2.45) is 0 Å². The summed E-state index contributed by atoms with van der Waals surface area (Å²) in [4.78, 5) is 23.3. The number of aryl methyl sites for hydroxylation is 2. The summed E-state index contributed by atoms with van der Waals surface area (Å²) in [5.41, 5.74) is 3.33. The van der Waals surface area contributed by atoms with Crippen molar-refractivity contribution in [1.82, 2.24) is 4.57 Å². The van der Waals surface area contributed by atoms with E-state index in [0.29, 0.717) is 23.3 Å². The minimum atomic E-state index is -0.387. The summed E-state index contributed by atoms with van der Waals surface area (Å²) in [6, 6.07) is 11.6. The summed E-state index contributed by atoms with van der Waals surface area (Å²) in [6.45, 7) is 2.96. The molecule has 0 radical (unpaired) electrons. The Morgan fingerprint density at radius 2 is 1.97 bits per heavy atom. The fourth-order valence-corrected chi connectivity index (χ4v) is 4.45. The van der Waals surface area contributed by atoms with Gasteiger partial charge < -0.3 is 14.0 Å². The van der Waals surface area contributed by atoms with Crippen LogP contribution in [-0.2, 0) is 22.5 Å². The van der Waals surface area contributed by atoms with Crippen LogP contribution in [0.2, 0.25) is 0 Å². The van der Waals surface area contributed by atoms with Gasteiger partial charge in [0.15, 0.2) is 0 Å². The van der Waals surface area contributed by atoms with E-state index in [4.69, 9.17) is 9.47 Å². The first kappa shape index (κ1) is 21.9. The number of carbonyl (C=O) groups is 1. The molecule has 168 valence electrons. The van der Waals surface area contributed by atoms with Crippen LogP contribution in [0.4, 0.5) is 5.69 Å². The predicted octanol–water partition coefficient (Wildman–Crippen LogP) is 5.66. The molecule has 0 unspecified atom stereocenters. The topological polar surface area (TPSA) is 83.6 Å². The van der Waals surface area contributed by atoms with Crippen molar-refractivity contribution in [2.75, 3.05) is 7.11 Å². The standard InChI is InChI=1S/C25H28N2O5/c1-3-26-13-12-19-16-18(9-10-22(19)26)21-14-17(8-11-24(28)31-2)15-23(27(29)30)25(21)32-20-6-4-5-7-20/h9-10,12-16,20H,3-8,11H2,1-2H3. The van der Waals surface area contributed by atoms with Gasteiger partial charge in [-0.05, 0) is 74.4 Å². The van der Waals surface area contributed by atoms with Crippen molar-refractivity contribution >= 4 is 22.6 Å². The van der Waals surface area contributed by atoms with E-state index in [1.54, 1.807) is 0 Å². The third kappa shape index (κ3) is 4.47. The second-order valence-electron chi connectivity index (χ2n) is 8.22. The van der Waals surface area contributed by atoms with Crippen molar-refractivity contribution in [3.63, 3.8) is 0 Å². The summed E-state index contributed by atoms with van der Waals surface area (Å²) in [6.07, 6.45) is 6.49. The number of nitro groups is 1. The highest BCUT2D eigenvalue weighted by Crippen LogP contribution is 2.42. The molecule has 2 aromatic carbocycles. The molecule has 7 heteroatoms. The summed E-state index contributed by atoms with van der Waals surface area (Å²) in [5.74, 6) is -0.0270. The van der Waals surface area contributed by atoms with Crippen LogP contribution in [0.25, 0.3) is 22.0 Å². The number of ether oxygens (including phenoxy) is 2. The van der Waals surface area contributed by atoms with Gasteiger partial charge in [0.2, 0.25) is 5.75 Å². The quantitative estimate of drug-likeness (QED) is 0.258. The maximum atomic E-state index is 12.0. The molecule has 3 aromatic rings. The van der Waals surface area contributed by atoms with Gasteiger partial charge in [0.1, 0.15) is 0 Å². The fourth-order valence-electron chi connectivity index (χ4n) is 4.45. The SMILES string of the molecule is CCn1ccc2cc(-c3cc(CCC(=O)OC)cc([N+](=O)[O-])c3OC3CCCC3)ccc21. The van der Waals surface area contributed by atoms with Crippen LogP contribution in [-0.4, -0.2) is 28.7 Å². The van der Waals surface area contributed by atoms with E-state index in [1.807, 2.05) is 30.5 Å². The van der Waals surface area contributed by atoms with Gasteiger partial charge >= 0.3 is 11.7 Å². The third-order valence-electron chi connectivity index (χ3n) is 6.18. The lowest BCUT2D eigenvalue weighted by Gasteiger charge is -2.18. The highest BCUT2D eigenvalue weighted by molar-refractivity contribution is 5.88. The first-order valence-electron chi connectivity index (χ1n) is 11.1. The van der Waals surface area contributed by atoms with E-state index in [1.165, 1.54) is 13.2 Å². The lowest BCUT2D eigenvalue weighted by Crippen LogP contribution is -2.13. The molecule has 1 aliphatic rings. The van der Waals surface area contributed by atoms with Crippen LogP contribution < -0.4 is 4.74 Å². The molecular weight excluding hydrogens is 408 g/mol. The third-order valence-corrected chi connectivity index (χ3v) is 6.18. The van der Waals surface area contributed by atoms with Gasteiger partial charge in [-0.2, -0.15) is 0 Å². The largest absolute Gasteiger partial charge is 0.483 e. The number of fused-ring (bicyclic) bond motifs is 1. The number of nitrogens with zero attached hydrogens (tertiary/aromatic N) is 2. The number of aromatic nitrogens is 1. The molecule has 1 aliphatic carbocycles. The van der Waals surface area contributed by atoms with E-state index >= 15 is 0 Å². The Kier molecular flexibility index (Phi) is 6.44. The molecule has 0 atom stereocenters. The average molecular weight is 437 g/mol. The zero-order chi connectivity index (χ0) is 22.7. The van der Waals surface area contributed by atoms with Gasteiger partial charge in [-0.15, -0.1) is 0 Å². The summed E-state index contributed by atoms with van der Waals surface area (Å²) >= 11 is 0. The van der Waals surface area contributed by atoms with Crippen molar-refractivity contribution in [3.8, 4) is 16.9 Å². The molecular formula is C25H28N2O5. The lowest BCUT2D eigenvalue weighted by atomic mass is 9.97. The summed E-state index contributed by atoms with van der Waals surface area (Å²) in [7, 11) is 1.34. The number of carbonyl (C=O) groups excluding carboxylic acids is 1. The molecule has 0 aliphatic heterocycles. The monoisotopic (exact) mass is 436 g/mol. The highest BCUT2D eigenvalue weighted by Gasteiger charge is 2.27. The lowest BCUT2D eigenvalue weighted by molar-refractivity contribution is -0.386. The van der Waals surface area contributed by atoms with E-state index in [9.17, 15) is 14.9 Å². The molecule has 0 amide bonds. The molecule has 4 rings (SSSR count). The number of methoxy groups -OCH3 is 1. The summed E-state index contributed by atoms with van der Waals surface area (Å²) in [5, 5.41) is 13.1. The minimum Gasteiger partial charge on any atom is -0.483 e. The molecule has 1 heterocycles. The van der Waals surface area contributed by atoms with E-state index in [0.717, 1.165) is 48.7 Å². The highest BCUT2D eigenvalue weighted by atomic mass is 16.6. The van der Waals surface area contributed by atoms with Crippen LogP contribution in [0.1, 0.15) is 44.6 Å². The molecule has 1 saturated carbocycles. The second-order valence-corrected chi connectivity index (χ2v) is 8.22. The van der Waals surface area contributed by atoms with Crippen LogP contribution in [0.3, 0.4) is 0 Å². The van der Waals surface area contributed by atoms with Crippen LogP contribution in [0.5, 0.6) is 5.75 Å². The van der Waals surface area contributed by atoms with E-state index < -0.39 is 0 Å². The number of hydrogen-bond acceptors (Lipinski definition) is 5. The number of esters is 1. The maximum Gasteiger partial charge on any atom is 0.311 e. The van der Waals surface area contributed by atoms with Crippen molar-refractivity contribution in [2.45, 2.75) is 58.1 Å². The second kappa shape index (κ2) is 9.42. The van der Waals surface area contributed by atoms with Gasteiger partial charge in [-0.3, -0.25) is 14.9 Å². The van der Waals surface area contributed by atoms with Gasteiger partial charge in [-0.25, -0.2) is 0 Å². The van der Waals surface area contributed by atoms with Crippen LogP contribution >= 0.6 is 0 Å². The fraction of sp³-hybridized carbons (Fsp3) is 0.400. The van der Waals surface area contributed by atoms with Crippen molar-refractivity contribution in [1.29, 1.82) is 0 Å². The van der Waals surface area contributed by atoms with Crippen LogP contribution in [0.15, 0.2) is 42.6 Å². The average Bonchev–Trinajstić information content (AvgIpc) is 3.46. The molecule has 0 N–H and O–H groups in total. The maximum absolute atomic E-state index is 12.0. The van der Waals surface area contributed by atoms with Crippen molar-refractivity contribution < 1.29 is 19.2 Å². The van der Waals surface area contributed by atoms with Gasteiger partial charge in [0.25, 0.3) is 0 Å². The van der Waals surface area contributed by atoms with E-state index in [2.05, 4.69) is 17.6 Å². The predicted molar refractivity (Wildman–Crippen MR) is 123 cm³/mol. The molecule has 0 bridgehead atoms. The van der Waals surface area contributed by atoms with Gasteiger partial charge in [0.05, 0.1) is 18.1 Å². The Balaban J connectivity index is 1.83. The molecule has 1 fully saturated rings. The van der Waals surface area contributed by atoms with Gasteiger partial charge in [0, 0.05) is 41.7 Å². The number of hydrogen-bond donors (Lipinski definition) is 0. The zero-order valence-corrected chi connectivity index (χ0v) is 18.5. The van der Waals surface area contributed by atoms with Crippen molar-refractivity contribution in [3.05, 3.63) is 58.3 Å². The Labute approximate surface area is 187 Å². The number of benzene rings is 2. The summed E-state index contributed by atoms with van der Waals surface area (Å²) < 4.78 is 13.2. The Morgan fingerprint density at radius 3 is 2.66 bits per heavy atom. The number of rotatable bonds is 8. The molecule has 7 nitrogen and oxygen atoms in total.